The first-order valence-corrected chi connectivity index (χ1v) is 7.85. The van der Waals surface area contributed by atoms with Gasteiger partial charge in [0.25, 0.3) is 0 Å². The largest absolute Gasteiger partial charge is 0.399 e. The maximum absolute atomic E-state index is 11.6. The van der Waals surface area contributed by atoms with Crippen molar-refractivity contribution in [3.05, 3.63) is 35.9 Å². The number of aryl methyl sites for hydroxylation is 1. The second-order valence-corrected chi connectivity index (χ2v) is 6.55. The first kappa shape index (κ1) is 15.3. The third kappa shape index (κ3) is 3.17. The van der Waals surface area contributed by atoms with Crippen LogP contribution in [0.25, 0.3) is 0 Å². The van der Waals surface area contributed by atoms with Gasteiger partial charge in [0.15, 0.2) is 0 Å². The lowest BCUT2D eigenvalue weighted by atomic mass is 10.1. The van der Waals surface area contributed by atoms with Crippen LogP contribution in [0.5, 0.6) is 0 Å². The Bertz CT molecular complexity index is 767. The molecule has 0 saturated carbocycles. The standard InChI is InChI=1S/C13H19N5O2S/c1-9-11(6-10(14)7-12(9)21(15,19)20)18(3)8-13-16-4-5-17(13)2/h4-7H,8,14H2,1-3H3,(H2,15,19,20). The van der Waals surface area contributed by atoms with Crippen LogP contribution in [0.4, 0.5) is 11.4 Å². The molecule has 114 valence electrons. The summed E-state index contributed by atoms with van der Waals surface area (Å²) in [6.45, 7) is 2.24. The van der Waals surface area contributed by atoms with Gasteiger partial charge in [0.1, 0.15) is 5.82 Å². The molecule has 0 bridgehead atoms. The van der Waals surface area contributed by atoms with Crippen LogP contribution in [0, 0.1) is 6.92 Å². The molecule has 2 rings (SSSR count). The molecular weight excluding hydrogens is 290 g/mol. The van der Waals surface area contributed by atoms with Gasteiger partial charge in [-0.2, -0.15) is 0 Å². The number of rotatable bonds is 4. The molecule has 1 aromatic carbocycles. The Morgan fingerprint density at radius 3 is 2.57 bits per heavy atom. The Labute approximate surface area is 124 Å². The van der Waals surface area contributed by atoms with Crippen molar-refractivity contribution in [2.45, 2.75) is 18.4 Å². The molecule has 0 amide bonds. The van der Waals surface area contributed by atoms with E-state index >= 15 is 0 Å². The van der Waals surface area contributed by atoms with Crippen LogP contribution in [0.1, 0.15) is 11.4 Å². The van der Waals surface area contributed by atoms with Gasteiger partial charge in [-0.25, -0.2) is 18.5 Å². The Morgan fingerprint density at radius 2 is 2.05 bits per heavy atom. The van der Waals surface area contributed by atoms with Crippen LogP contribution < -0.4 is 15.8 Å². The summed E-state index contributed by atoms with van der Waals surface area (Å²) >= 11 is 0. The molecule has 0 unspecified atom stereocenters. The van der Waals surface area contributed by atoms with Crippen LogP contribution in [0.15, 0.2) is 29.4 Å². The number of imidazole rings is 1. The molecule has 7 nitrogen and oxygen atoms in total. The zero-order chi connectivity index (χ0) is 15.8. The second-order valence-electron chi connectivity index (χ2n) is 5.02. The van der Waals surface area contributed by atoms with Crippen LogP contribution in [-0.4, -0.2) is 25.0 Å². The first-order valence-electron chi connectivity index (χ1n) is 6.30. The molecule has 0 saturated heterocycles. The van der Waals surface area contributed by atoms with Crippen LogP contribution >= 0.6 is 0 Å². The molecule has 8 heteroatoms. The zero-order valence-corrected chi connectivity index (χ0v) is 13.1. The maximum atomic E-state index is 11.6. The van der Waals surface area contributed by atoms with E-state index in [4.69, 9.17) is 10.9 Å². The summed E-state index contributed by atoms with van der Waals surface area (Å²) in [6, 6.07) is 3.11. The van der Waals surface area contributed by atoms with Crippen molar-refractivity contribution in [3.8, 4) is 0 Å². The monoisotopic (exact) mass is 309 g/mol. The van der Waals surface area contributed by atoms with E-state index in [0.29, 0.717) is 23.5 Å². The van der Waals surface area contributed by atoms with Gasteiger partial charge in [-0.15, -0.1) is 0 Å². The number of nitrogens with two attached hydrogens (primary N) is 2. The average Bonchev–Trinajstić information content (AvgIpc) is 2.76. The third-order valence-corrected chi connectivity index (χ3v) is 4.41. The van der Waals surface area contributed by atoms with Gasteiger partial charge >= 0.3 is 0 Å². The lowest BCUT2D eigenvalue weighted by molar-refractivity contribution is 0.597. The number of aromatic nitrogens is 2. The van der Waals surface area contributed by atoms with E-state index in [0.717, 1.165) is 5.82 Å². The zero-order valence-electron chi connectivity index (χ0n) is 12.2. The van der Waals surface area contributed by atoms with Gasteiger partial charge in [0, 0.05) is 37.9 Å². The van der Waals surface area contributed by atoms with Crippen molar-refractivity contribution in [3.63, 3.8) is 0 Å². The Balaban J connectivity index is 2.44. The highest BCUT2D eigenvalue weighted by Crippen LogP contribution is 2.29. The molecule has 21 heavy (non-hydrogen) atoms. The van der Waals surface area contributed by atoms with Gasteiger partial charge in [-0.05, 0) is 24.6 Å². The minimum Gasteiger partial charge on any atom is -0.399 e. The quantitative estimate of drug-likeness (QED) is 0.804. The normalized spacial score (nSPS) is 11.6. The fraction of sp³-hybridized carbons (Fsp3) is 0.308. The number of hydrogen-bond donors (Lipinski definition) is 2. The van der Waals surface area contributed by atoms with Gasteiger partial charge in [0.05, 0.1) is 11.4 Å². The molecule has 0 aliphatic carbocycles. The van der Waals surface area contributed by atoms with E-state index in [1.165, 1.54) is 6.07 Å². The highest BCUT2D eigenvalue weighted by atomic mass is 32.2. The van der Waals surface area contributed by atoms with Crippen molar-refractivity contribution >= 4 is 21.4 Å². The van der Waals surface area contributed by atoms with Crippen molar-refractivity contribution in [1.29, 1.82) is 0 Å². The fourth-order valence-corrected chi connectivity index (χ4v) is 3.06. The molecular formula is C13H19N5O2S. The lowest BCUT2D eigenvalue weighted by Gasteiger charge is -2.23. The smallest absolute Gasteiger partial charge is 0.238 e. The SMILES string of the molecule is Cc1c(N(C)Cc2nccn2C)cc(N)cc1S(N)(=O)=O. The van der Waals surface area contributed by atoms with Gasteiger partial charge < -0.3 is 15.2 Å². The fourth-order valence-electron chi connectivity index (χ4n) is 2.23. The number of primary sulfonamides is 1. The first-order chi connectivity index (χ1) is 9.70. The summed E-state index contributed by atoms with van der Waals surface area (Å²) in [7, 11) is -0.0582. The molecule has 1 heterocycles. The van der Waals surface area contributed by atoms with E-state index in [2.05, 4.69) is 4.98 Å². The highest BCUT2D eigenvalue weighted by Gasteiger charge is 2.18. The predicted molar refractivity (Wildman–Crippen MR) is 82.3 cm³/mol. The van der Waals surface area contributed by atoms with Crippen LogP contribution in [0.3, 0.4) is 0 Å². The average molecular weight is 309 g/mol. The van der Waals surface area contributed by atoms with Crippen molar-refractivity contribution in [1.82, 2.24) is 9.55 Å². The van der Waals surface area contributed by atoms with E-state index in [-0.39, 0.29) is 4.90 Å². The molecule has 0 aliphatic rings. The van der Waals surface area contributed by atoms with Crippen LogP contribution in [-0.2, 0) is 23.6 Å². The molecule has 0 radical (unpaired) electrons. The van der Waals surface area contributed by atoms with Crippen molar-refractivity contribution in [2.75, 3.05) is 17.7 Å². The van der Waals surface area contributed by atoms with Crippen molar-refractivity contribution < 1.29 is 8.42 Å². The minimum absolute atomic E-state index is 0.0455. The highest BCUT2D eigenvalue weighted by molar-refractivity contribution is 7.89. The molecule has 0 atom stereocenters. The molecule has 2 aromatic rings. The summed E-state index contributed by atoms with van der Waals surface area (Å²) in [5.74, 6) is 0.858. The summed E-state index contributed by atoms with van der Waals surface area (Å²) in [5, 5.41) is 5.24. The number of nitrogen functional groups attached to an aromatic ring is 1. The third-order valence-electron chi connectivity index (χ3n) is 3.37. The maximum Gasteiger partial charge on any atom is 0.238 e. The molecule has 4 N–H and O–H groups in total. The van der Waals surface area contributed by atoms with Crippen LogP contribution in [0.2, 0.25) is 0 Å². The number of benzene rings is 1. The van der Waals surface area contributed by atoms with E-state index in [9.17, 15) is 8.42 Å². The van der Waals surface area contributed by atoms with Gasteiger partial charge in [-0.3, -0.25) is 0 Å². The molecule has 0 aliphatic heterocycles. The Morgan fingerprint density at radius 1 is 1.38 bits per heavy atom. The summed E-state index contributed by atoms with van der Waals surface area (Å²) in [6.07, 6.45) is 3.57. The summed E-state index contributed by atoms with van der Waals surface area (Å²) in [4.78, 5) is 6.19. The van der Waals surface area contributed by atoms with Gasteiger partial charge in [0.2, 0.25) is 10.0 Å². The van der Waals surface area contributed by atoms with E-state index < -0.39 is 10.0 Å². The number of sulfonamides is 1. The molecule has 0 fully saturated rings. The lowest BCUT2D eigenvalue weighted by Crippen LogP contribution is -2.22. The number of hydrogen-bond acceptors (Lipinski definition) is 5. The number of nitrogens with zero attached hydrogens (tertiary/aromatic N) is 3. The predicted octanol–water partition coefficient (Wildman–Crippen LogP) is 0.595. The minimum atomic E-state index is -3.81. The topological polar surface area (TPSA) is 107 Å². The summed E-state index contributed by atoms with van der Waals surface area (Å²) in [5.41, 5.74) is 7.43. The molecule has 1 aromatic heterocycles. The Kier molecular flexibility index (Phi) is 3.93. The Hall–Kier alpha value is -2.06. The van der Waals surface area contributed by atoms with E-state index in [1.54, 1.807) is 19.2 Å². The molecule has 0 spiro atoms. The second kappa shape index (κ2) is 5.38. The summed E-state index contributed by atoms with van der Waals surface area (Å²) < 4.78 is 25.2. The van der Waals surface area contributed by atoms with Gasteiger partial charge in [-0.1, -0.05) is 0 Å². The van der Waals surface area contributed by atoms with Crippen molar-refractivity contribution in [2.24, 2.45) is 12.2 Å². The van der Waals surface area contributed by atoms with E-state index in [1.807, 2.05) is 29.8 Å². The number of anilines is 2.